The van der Waals surface area contributed by atoms with Crippen molar-refractivity contribution < 1.29 is 17.6 Å². The molecule has 0 aromatic heterocycles. The molecule has 3 nitrogen and oxygen atoms in total. The summed E-state index contributed by atoms with van der Waals surface area (Å²) in [4.78, 5) is 2.38. The quantitative estimate of drug-likeness (QED) is 0.0355. The Morgan fingerprint density at radius 2 is 0.663 bits per heavy atom. The van der Waals surface area contributed by atoms with Crippen LogP contribution < -0.4 is 26.3 Å². The van der Waals surface area contributed by atoms with Crippen LogP contribution in [0.5, 0.6) is 0 Å². The molecule has 0 saturated carbocycles. The van der Waals surface area contributed by atoms with Crippen LogP contribution in [-0.2, 0) is 21.7 Å². The van der Waals surface area contributed by atoms with Crippen LogP contribution in [0.1, 0.15) is 257 Å². The monoisotopic (exact) mass is 1560 g/mol. The Bertz CT molecular complexity index is 3440. The molecule has 2 fully saturated rings. The molecule has 12 heteroatoms. The van der Waals surface area contributed by atoms with Gasteiger partial charge in [0.1, 0.15) is 23.3 Å². The maximum Gasteiger partial charge on any atom is 0.132 e. The van der Waals surface area contributed by atoms with E-state index >= 15 is 8.78 Å². The smallest absolute Gasteiger partial charge is 0.132 e. The van der Waals surface area contributed by atoms with E-state index in [9.17, 15) is 8.78 Å². The lowest BCUT2D eigenvalue weighted by Gasteiger charge is -2.42. The zero-order valence-corrected chi connectivity index (χ0v) is 69.8. The van der Waals surface area contributed by atoms with E-state index in [-0.39, 0.29) is 60.4 Å². The van der Waals surface area contributed by atoms with E-state index < -0.39 is 21.7 Å². The van der Waals surface area contributed by atoms with Gasteiger partial charge in [-0.25, -0.2) is 17.6 Å². The van der Waals surface area contributed by atoms with Crippen molar-refractivity contribution in [1.29, 1.82) is 0 Å². The van der Waals surface area contributed by atoms with E-state index in [4.69, 9.17) is 0 Å². The zero-order valence-electron chi connectivity index (χ0n) is 64.1. The molecular formula is C89H124F4IN3P4. The second-order valence-electron chi connectivity index (χ2n) is 30.2. The Balaban J connectivity index is 0.000000280. The molecule has 10 rings (SSSR count). The number of hydrogen-bond donors (Lipinski definition) is 1. The van der Waals surface area contributed by atoms with E-state index in [0.717, 1.165) is 38.8 Å². The third-order valence-corrected chi connectivity index (χ3v) is 33.4. The third kappa shape index (κ3) is 24.7. The van der Waals surface area contributed by atoms with Crippen LogP contribution in [-0.4, -0.2) is 42.1 Å². The van der Waals surface area contributed by atoms with E-state index in [0.29, 0.717) is 43.9 Å². The predicted octanol–water partition coefficient (Wildman–Crippen LogP) is 27.1. The summed E-state index contributed by atoms with van der Waals surface area (Å²) in [7, 11) is -2.57. The second-order valence-corrected chi connectivity index (χ2v) is 41.9. The maximum absolute atomic E-state index is 15.9. The average Bonchev–Trinajstić information content (AvgIpc) is 1.69. The molecule has 101 heavy (non-hydrogen) atoms. The van der Waals surface area contributed by atoms with Gasteiger partial charge in [-0.3, -0.25) is 9.53 Å². The summed E-state index contributed by atoms with van der Waals surface area (Å²) in [6, 6.07) is 64.8. The van der Waals surface area contributed by atoms with Gasteiger partial charge in [0.05, 0.1) is 0 Å². The van der Waals surface area contributed by atoms with Crippen LogP contribution in [0.15, 0.2) is 194 Å². The minimum atomic E-state index is -1.45. The number of rotatable bonds is 20. The van der Waals surface area contributed by atoms with Gasteiger partial charge >= 0.3 is 0 Å². The van der Waals surface area contributed by atoms with Crippen molar-refractivity contribution in [2.75, 3.05) is 32.7 Å². The van der Waals surface area contributed by atoms with Gasteiger partial charge in [-0.15, -0.1) is 0 Å². The molecule has 2 saturated heterocycles. The lowest BCUT2D eigenvalue weighted by molar-refractivity contribution is 0.321. The molecule has 2 aliphatic heterocycles. The summed E-state index contributed by atoms with van der Waals surface area (Å²) in [5, 5.41) is 6.41. The number of hydrogen-bond acceptors (Lipinski definition) is 3. The Labute approximate surface area is 629 Å². The van der Waals surface area contributed by atoms with Gasteiger partial charge in [0.15, 0.2) is 0 Å². The van der Waals surface area contributed by atoms with E-state index in [1.165, 1.54) is 114 Å². The summed E-state index contributed by atoms with van der Waals surface area (Å²) in [5.41, 5.74) is 12.8. The second kappa shape index (κ2) is 41.6. The van der Waals surface area contributed by atoms with Crippen molar-refractivity contribution in [2.24, 2.45) is 0 Å². The Morgan fingerprint density at radius 3 is 0.921 bits per heavy atom. The zero-order chi connectivity index (χ0) is 73.5. The normalized spacial score (nSPS) is 17.1. The van der Waals surface area contributed by atoms with E-state index in [2.05, 4.69) is 251 Å². The van der Waals surface area contributed by atoms with Crippen LogP contribution in [0.4, 0.5) is 17.6 Å². The molecule has 0 bridgehead atoms. The highest BCUT2D eigenvalue weighted by Crippen LogP contribution is 2.76. The molecule has 2 aliphatic rings. The van der Waals surface area contributed by atoms with Crippen LogP contribution in [0.2, 0.25) is 0 Å². The molecule has 550 valence electrons. The number of halogens is 5. The number of nitrogens with zero attached hydrogens (tertiary/aromatic N) is 2. The van der Waals surface area contributed by atoms with Crippen molar-refractivity contribution in [3.63, 3.8) is 0 Å². The first kappa shape index (κ1) is 87.4. The van der Waals surface area contributed by atoms with E-state index in [1.807, 2.05) is 38.1 Å². The minimum absolute atomic E-state index is 0. The highest BCUT2D eigenvalue weighted by atomic mass is 127. The third-order valence-electron chi connectivity index (χ3n) is 19.0. The first-order valence-corrected chi connectivity index (χ1v) is 45.3. The summed E-state index contributed by atoms with van der Waals surface area (Å²) in [5.74, 6) is -1.04. The number of nitrogens with one attached hydrogen (secondary N) is 1. The van der Waals surface area contributed by atoms with Crippen LogP contribution in [0.25, 0.3) is 0 Å². The van der Waals surface area contributed by atoms with Crippen LogP contribution >= 0.6 is 51.8 Å². The molecule has 0 spiro atoms. The average molecular weight is 1560 g/mol. The van der Waals surface area contributed by atoms with Crippen LogP contribution in [0, 0.1) is 23.3 Å². The standard InChI is InChI=1S/C40H49F2NP2.C28H42NP.C12H8F2IP.C6H15N.C2H6.CH4/c1-8-9-28-43(45(37-16-12-10-14-33(37)41)38-17-13-11-15-34(38)42)44-35(29-18-22-31(23-19-29)39(2,3)4)26-27-36(44)30-20-24-32(25-21-30)40(5,6)7;1-8-9-20-29-30-25(21-10-14-23(15-11-21)27(2,3)4)18-19-26(30)22-12-16-24(17-13-22)28(5,6)7;13-9-5-1-3-7-11(9)16(15)12-8-4-2-6-10(12)14;1-4-7(5-2)6-3;1-2;/h10-25,35-36H,8-9,26-28H2,1-7H3;10-17,25-26,29H,8-9,18-20H2,1-7H3;1-8H;4-6H2,1-3H3;1-2H3;1H4/t35-,36?,44?;25-,26-;;;;/m00..../s1. The Morgan fingerprint density at radius 1 is 0.396 bits per heavy atom. The van der Waals surface area contributed by atoms with Crippen molar-refractivity contribution in [1.82, 2.24) is 14.4 Å². The lowest BCUT2D eigenvalue weighted by Crippen LogP contribution is -2.30. The van der Waals surface area contributed by atoms with Crippen molar-refractivity contribution in [2.45, 2.75) is 235 Å². The molecule has 0 amide bonds. The number of unbranched alkanes of at least 4 members (excludes halogenated alkanes) is 2. The van der Waals surface area contributed by atoms with Crippen molar-refractivity contribution in [3.05, 3.63) is 262 Å². The summed E-state index contributed by atoms with van der Waals surface area (Å²) >= 11 is 2.11. The molecule has 0 radical (unpaired) electrons. The summed E-state index contributed by atoms with van der Waals surface area (Å²) in [6.07, 6.45) is 9.24. The Hall–Kier alpha value is -4.19. The van der Waals surface area contributed by atoms with Gasteiger partial charge in [0.25, 0.3) is 0 Å². The summed E-state index contributed by atoms with van der Waals surface area (Å²) in [6.45, 7) is 47.9. The molecule has 0 aliphatic carbocycles. The van der Waals surface area contributed by atoms with E-state index in [1.54, 1.807) is 48.5 Å². The Kier molecular flexibility index (Phi) is 36.1. The largest absolute Gasteiger partial charge is 0.304 e. The molecule has 5 atom stereocenters. The highest BCUT2D eigenvalue weighted by Gasteiger charge is 2.45. The molecule has 2 heterocycles. The lowest BCUT2D eigenvalue weighted by atomic mass is 9.86. The SMILES string of the molecule is C.CC.CCCCN(P(c1ccccc1F)c1ccccc1F)P1C(c2ccc(C(C)(C)C)cc2)CC[C@H]1c1ccc(C(C)(C)C)cc1.CCCCNP1[C@H](c2ccc(C(C)(C)C)cc2)CC[C@H]1c1ccc(C(C)(C)C)cc1.CCN(CC)CC.Fc1ccccc1P(I)c1ccccc1F. The first-order chi connectivity index (χ1) is 47.5. The summed E-state index contributed by atoms with van der Waals surface area (Å²) < 4.78 is 61.4. The molecular weight excluding hydrogens is 1440 g/mol. The molecule has 1 N–H and O–H groups in total. The fourth-order valence-corrected chi connectivity index (χ4v) is 27.1. The maximum atomic E-state index is 15.9. The van der Waals surface area contributed by atoms with Gasteiger partial charge in [-0.05, 0) is 205 Å². The van der Waals surface area contributed by atoms with Crippen molar-refractivity contribution in [3.8, 4) is 0 Å². The first-order valence-electron chi connectivity index (χ1n) is 37.0. The fraction of sp³-hybridized carbons (Fsp3) is 0.461. The topological polar surface area (TPSA) is 18.5 Å². The minimum Gasteiger partial charge on any atom is -0.304 e. The van der Waals surface area contributed by atoms with Gasteiger partial charge in [0.2, 0.25) is 0 Å². The van der Waals surface area contributed by atoms with Gasteiger partial charge < -0.3 is 4.90 Å². The van der Waals surface area contributed by atoms with Crippen molar-refractivity contribution >= 4 is 73.0 Å². The van der Waals surface area contributed by atoms with Gasteiger partial charge in [0, 0.05) is 64.0 Å². The fourth-order valence-electron chi connectivity index (χ4n) is 12.9. The number of benzene rings is 8. The van der Waals surface area contributed by atoms with Gasteiger partial charge in [-0.2, -0.15) is 0 Å². The highest BCUT2D eigenvalue weighted by molar-refractivity contribution is 14.2. The van der Waals surface area contributed by atoms with Crippen LogP contribution in [0.3, 0.4) is 0 Å². The predicted molar refractivity (Wildman–Crippen MR) is 452 cm³/mol. The molecule has 8 aromatic rings. The molecule has 8 aromatic carbocycles. The molecule has 2 unspecified atom stereocenters. The van der Waals surface area contributed by atoms with Gasteiger partial charge in [-0.1, -0.05) is 310 Å².